The molecular weight excluding hydrogens is 593 g/mol. The molecule has 6 heteroatoms. The lowest BCUT2D eigenvalue weighted by Crippen LogP contribution is -2.65. The molecule has 45 heavy (non-hydrogen) atoms. The zero-order valence-corrected chi connectivity index (χ0v) is 28.3. The predicted octanol–water partition coefficient (Wildman–Crippen LogP) is 7.57. The van der Waals surface area contributed by atoms with Gasteiger partial charge in [0.15, 0.2) is 0 Å². The van der Waals surface area contributed by atoms with Crippen LogP contribution in [-0.2, 0) is 9.59 Å². The van der Waals surface area contributed by atoms with Gasteiger partial charge in [-0.05, 0) is 83.3 Å². The summed E-state index contributed by atoms with van der Waals surface area (Å²) >= 11 is 1.82. The van der Waals surface area contributed by atoms with Crippen LogP contribution in [0.5, 0.6) is 0 Å². The molecule has 3 aromatic carbocycles. The highest BCUT2D eigenvalue weighted by Crippen LogP contribution is 2.48. The molecule has 1 aliphatic rings. The Hall–Kier alpha value is -3.16. The van der Waals surface area contributed by atoms with Gasteiger partial charge in [-0.1, -0.05) is 105 Å². The number of aliphatic hydroxyl groups excluding tert-OH is 1. The Morgan fingerprint density at radius 3 is 2.22 bits per heavy atom. The number of benzene rings is 3. The van der Waals surface area contributed by atoms with Crippen molar-refractivity contribution in [3.8, 4) is 0 Å². The van der Waals surface area contributed by atoms with Crippen LogP contribution in [0, 0.1) is 11.8 Å². The van der Waals surface area contributed by atoms with Gasteiger partial charge in [-0.15, -0.1) is 11.3 Å². The van der Waals surface area contributed by atoms with Crippen LogP contribution >= 0.6 is 11.3 Å². The second kappa shape index (κ2) is 15.0. The summed E-state index contributed by atoms with van der Waals surface area (Å²) in [6.07, 6.45) is 9.90. The molecule has 1 heterocycles. The number of allylic oxidation sites excluding steroid dienone is 2. The molecule has 1 saturated carbocycles. The van der Waals surface area contributed by atoms with Crippen LogP contribution in [0.15, 0.2) is 103 Å². The van der Waals surface area contributed by atoms with E-state index in [9.17, 15) is 19.5 Å². The number of Topliss-reactive ketones (excluding diaryl/α,β-unsaturated/α-hetero) is 1. The van der Waals surface area contributed by atoms with Crippen molar-refractivity contribution in [3.63, 3.8) is 0 Å². The van der Waals surface area contributed by atoms with E-state index in [1.807, 2.05) is 47.7 Å². The Balaban J connectivity index is 1.44. The van der Waals surface area contributed by atoms with Gasteiger partial charge in [0.25, 0.3) is 8.32 Å². The van der Waals surface area contributed by atoms with Crippen LogP contribution in [-0.4, -0.2) is 36.4 Å². The van der Waals surface area contributed by atoms with Gasteiger partial charge in [0.05, 0.1) is 6.10 Å². The zero-order chi connectivity index (χ0) is 31.9. The monoisotopic (exact) mass is 638 g/mol. The molecule has 1 fully saturated rings. The molecule has 4 nitrogen and oxygen atoms in total. The Bertz CT molecular complexity index is 1510. The van der Waals surface area contributed by atoms with Crippen molar-refractivity contribution < 1.29 is 19.5 Å². The third-order valence-corrected chi connectivity index (χ3v) is 15.7. The Kier molecular flexibility index (Phi) is 11.0. The van der Waals surface area contributed by atoms with E-state index in [0.717, 1.165) is 42.3 Å². The minimum atomic E-state index is -3.23. The number of unbranched alkanes of at least 4 members (excludes halogenated alkanes) is 2. The number of hydrogen-bond acceptors (Lipinski definition) is 5. The van der Waals surface area contributed by atoms with E-state index in [2.05, 4.69) is 80.6 Å². The highest BCUT2D eigenvalue weighted by atomic mass is 32.1. The molecule has 4 atom stereocenters. The SMILES string of the molecule is CC(C)(C[C@H](CC[C@H]1C(=O)C[C@H](O)[C@@H]1C/C=C\CCCC=O)c1cc2ccccc2s1)[Si](O)(c1ccccc1)c1ccccc1. The minimum Gasteiger partial charge on any atom is -0.424 e. The number of hydrogen-bond donors (Lipinski definition) is 2. The van der Waals surface area contributed by atoms with Crippen molar-refractivity contribution in [2.24, 2.45) is 11.8 Å². The first-order valence-electron chi connectivity index (χ1n) is 16.4. The van der Waals surface area contributed by atoms with Crippen molar-refractivity contribution in [1.82, 2.24) is 0 Å². The fraction of sp³-hybridized carbons (Fsp3) is 0.385. The standard InChI is InChI=1S/C39H46O4SSi/c1-39(2,45(43,31-17-8-6-9-18-31)32-19-10-7-11-20-32)28-30(38-26-29-16-13-14-22-37(29)44-38)23-24-34-33(35(41)27-36(34)42)21-12-4-3-5-15-25-40/h4,6-14,16-20,22,25-26,30,33-35,41,43H,3,5,15,21,23-24,27-28H2,1-2H3/b12-4-/t30-,33+,34+,35-/m0/s1. The van der Waals surface area contributed by atoms with Gasteiger partial charge in [-0.2, -0.15) is 0 Å². The molecule has 0 spiro atoms. The molecule has 0 bridgehead atoms. The zero-order valence-electron chi connectivity index (χ0n) is 26.5. The highest BCUT2D eigenvalue weighted by molar-refractivity contribution is 7.19. The van der Waals surface area contributed by atoms with Crippen LogP contribution in [0.1, 0.15) is 76.0 Å². The summed E-state index contributed by atoms with van der Waals surface area (Å²) in [5.41, 5.74) is 0. The van der Waals surface area contributed by atoms with Gasteiger partial charge in [-0.3, -0.25) is 4.79 Å². The largest absolute Gasteiger partial charge is 0.424 e. The summed E-state index contributed by atoms with van der Waals surface area (Å²) in [5, 5.41) is 13.7. The van der Waals surface area contributed by atoms with E-state index in [4.69, 9.17) is 0 Å². The van der Waals surface area contributed by atoms with Crippen LogP contribution in [0.3, 0.4) is 0 Å². The number of fused-ring (bicyclic) bond motifs is 1. The van der Waals surface area contributed by atoms with E-state index >= 15 is 0 Å². The lowest BCUT2D eigenvalue weighted by atomic mass is 9.82. The quantitative estimate of drug-likeness (QED) is 0.0610. The maximum atomic E-state index is 13.2. The lowest BCUT2D eigenvalue weighted by Gasteiger charge is -2.43. The van der Waals surface area contributed by atoms with E-state index < -0.39 is 19.5 Å². The molecule has 0 unspecified atom stereocenters. The van der Waals surface area contributed by atoms with Crippen LogP contribution in [0.4, 0.5) is 0 Å². The molecule has 4 aromatic rings. The van der Waals surface area contributed by atoms with Gasteiger partial charge >= 0.3 is 0 Å². The first kappa shape index (κ1) is 33.2. The van der Waals surface area contributed by atoms with Crippen LogP contribution in [0.2, 0.25) is 5.04 Å². The number of thiophene rings is 1. The first-order valence-corrected chi connectivity index (χ1v) is 19.1. The van der Waals surface area contributed by atoms with E-state index in [1.165, 1.54) is 15.0 Å². The predicted molar refractivity (Wildman–Crippen MR) is 189 cm³/mol. The molecule has 2 N–H and O–H groups in total. The first-order chi connectivity index (χ1) is 21.7. The molecule has 5 rings (SSSR count). The van der Waals surface area contributed by atoms with Crippen LogP contribution in [0.25, 0.3) is 10.1 Å². The molecule has 0 radical (unpaired) electrons. The smallest absolute Gasteiger partial charge is 0.258 e. The summed E-state index contributed by atoms with van der Waals surface area (Å²) in [7, 11) is -3.23. The number of rotatable bonds is 15. The van der Waals surface area contributed by atoms with Gasteiger partial charge in [0.2, 0.25) is 0 Å². The third-order valence-electron chi connectivity index (χ3n) is 9.89. The van der Waals surface area contributed by atoms with E-state index in [1.54, 1.807) is 0 Å². The molecule has 1 aliphatic carbocycles. The molecule has 1 aromatic heterocycles. The summed E-state index contributed by atoms with van der Waals surface area (Å²) in [6, 6.07) is 31.1. The summed E-state index contributed by atoms with van der Waals surface area (Å²) in [5.74, 6) is 0.0411. The average Bonchev–Trinajstić information content (AvgIpc) is 3.60. The van der Waals surface area contributed by atoms with Gasteiger partial charge in [0, 0.05) is 28.3 Å². The highest BCUT2D eigenvalue weighted by Gasteiger charge is 2.51. The Morgan fingerprint density at radius 2 is 1.58 bits per heavy atom. The second-order valence-electron chi connectivity index (χ2n) is 13.3. The van der Waals surface area contributed by atoms with Crippen molar-refractivity contribution in [2.45, 2.75) is 82.3 Å². The summed E-state index contributed by atoms with van der Waals surface area (Å²) in [6.45, 7) is 4.45. The van der Waals surface area contributed by atoms with Gasteiger partial charge < -0.3 is 14.7 Å². The molecular formula is C39H46O4SSi. The molecule has 236 valence electrons. The van der Waals surface area contributed by atoms with Gasteiger partial charge in [-0.25, -0.2) is 0 Å². The van der Waals surface area contributed by atoms with E-state index in [0.29, 0.717) is 19.3 Å². The van der Waals surface area contributed by atoms with Crippen molar-refractivity contribution in [2.75, 3.05) is 0 Å². The van der Waals surface area contributed by atoms with Crippen molar-refractivity contribution in [1.29, 1.82) is 0 Å². The van der Waals surface area contributed by atoms with Crippen molar-refractivity contribution >= 4 is 52.2 Å². The molecule has 0 amide bonds. The summed E-state index contributed by atoms with van der Waals surface area (Å²) < 4.78 is 1.25. The fourth-order valence-electron chi connectivity index (χ4n) is 7.40. The molecule has 0 saturated heterocycles. The van der Waals surface area contributed by atoms with Gasteiger partial charge in [0.1, 0.15) is 12.1 Å². The minimum absolute atomic E-state index is 0.0872. The molecule has 0 aliphatic heterocycles. The number of aliphatic hydroxyl groups is 1. The Labute approximate surface area is 273 Å². The number of carbonyl (C=O) groups is 2. The maximum absolute atomic E-state index is 13.2. The Morgan fingerprint density at radius 1 is 0.933 bits per heavy atom. The third kappa shape index (κ3) is 7.46. The van der Waals surface area contributed by atoms with E-state index in [-0.39, 0.29) is 30.0 Å². The fourth-order valence-corrected chi connectivity index (χ4v) is 12.4. The number of ketones is 1. The second-order valence-corrected chi connectivity index (χ2v) is 18.3. The number of aldehydes is 1. The topological polar surface area (TPSA) is 74.6 Å². The summed E-state index contributed by atoms with van der Waals surface area (Å²) in [4.78, 5) is 38.1. The lowest BCUT2D eigenvalue weighted by molar-refractivity contribution is -0.121. The maximum Gasteiger partial charge on any atom is 0.258 e. The van der Waals surface area contributed by atoms with Crippen molar-refractivity contribution in [3.05, 3.63) is 108 Å². The number of carbonyl (C=O) groups excluding carboxylic acids is 2. The normalized spacial score (nSPS) is 19.8. The average molecular weight is 639 g/mol. The van der Waals surface area contributed by atoms with Crippen LogP contribution < -0.4 is 10.4 Å².